The molecule has 0 radical (unpaired) electrons. The summed E-state index contributed by atoms with van der Waals surface area (Å²) in [5, 5.41) is 4.04. The fourth-order valence-corrected chi connectivity index (χ4v) is 5.12. The van der Waals surface area contributed by atoms with Gasteiger partial charge in [0.2, 0.25) is 10.0 Å². The summed E-state index contributed by atoms with van der Waals surface area (Å²) >= 11 is 0. The van der Waals surface area contributed by atoms with Crippen LogP contribution in [0.5, 0.6) is 0 Å². The van der Waals surface area contributed by atoms with Gasteiger partial charge in [-0.15, -0.1) is 0 Å². The van der Waals surface area contributed by atoms with Crippen LogP contribution in [0.1, 0.15) is 48.4 Å². The highest BCUT2D eigenvalue weighted by molar-refractivity contribution is 7.88. The molecule has 1 unspecified atom stereocenters. The van der Waals surface area contributed by atoms with Crippen LogP contribution in [0.4, 0.5) is 0 Å². The fourth-order valence-electron chi connectivity index (χ4n) is 3.33. The van der Waals surface area contributed by atoms with Crippen molar-refractivity contribution >= 4 is 10.0 Å². The Labute approximate surface area is 137 Å². The topological polar surface area (TPSA) is 63.4 Å². The molecule has 1 aliphatic heterocycles. The molecule has 0 aliphatic carbocycles. The van der Waals surface area contributed by atoms with Gasteiger partial charge in [0, 0.05) is 18.5 Å². The normalized spacial score (nSPS) is 19.3. The summed E-state index contributed by atoms with van der Waals surface area (Å²) < 4.78 is 32.8. The standard InChI is InChI=1S/C17H22N2O3S/c1-3-16-17(13(2)18-22-16)15-10-7-11-19(15)23(20,21)12-14-8-5-4-6-9-14/h4-6,8-9,15H,3,7,10-12H2,1-2H3. The largest absolute Gasteiger partial charge is 0.361 e. The summed E-state index contributed by atoms with van der Waals surface area (Å²) in [6, 6.07) is 9.18. The molecular weight excluding hydrogens is 312 g/mol. The molecule has 0 amide bonds. The quantitative estimate of drug-likeness (QED) is 0.842. The highest BCUT2D eigenvalue weighted by atomic mass is 32.2. The zero-order chi connectivity index (χ0) is 16.4. The molecule has 1 aromatic carbocycles. The maximum Gasteiger partial charge on any atom is 0.218 e. The van der Waals surface area contributed by atoms with Crippen LogP contribution < -0.4 is 0 Å². The smallest absolute Gasteiger partial charge is 0.218 e. The minimum atomic E-state index is -3.37. The van der Waals surface area contributed by atoms with E-state index in [2.05, 4.69) is 5.16 Å². The Hall–Kier alpha value is -1.66. The van der Waals surface area contributed by atoms with Crippen LogP contribution in [0.15, 0.2) is 34.9 Å². The zero-order valence-corrected chi connectivity index (χ0v) is 14.3. The molecule has 1 atom stereocenters. The lowest BCUT2D eigenvalue weighted by Gasteiger charge is -2.24. The molecule has 0 N–H and O–H groups in total. The lowest BCUT2D eigenvalue weighted by Crippen LogP contribution is -2.32. The highest BCUT2D eigenvalue weighted by Gasteiger charge is 2.38. The molecular formula is C17H22N2O3S. The number of hydrogen-bond acceptors (Lipinski definition) is 4. The van der Waals surface area contributed by atoms with E-state index in [1.165, 1.54) is 0 Å². The van der Waals surface area contributed by atoms with Crippen LogP contribution >= 0.6 is 0 Å². The second-order valence-electron chi connectivity index (χ2n) is 5.97. The number of aromatic nitrogens is 1. The van der Waals surface area contributed by atoms with Crippen molar-refractivity contribution in [2.24, 2.45) is 0 Å². The molecule has 6 heteroatoms. The van der Waals surface area contributed by atoms with Gasteiger partial charge in [0.05, 0.1) is 17.5 Å². The lowest BCUT2D eigenvalue weighted by molar-refractivity contribution is 0.367. The third kappa shape index (κ3) is 3.19. The molecule has 5 nitrogen and oxygen atoms in total. The van der Waals surface area contributed by atoms with Crippen LogP contribution in [0.2, 0.25) is 0 Å². The first-order valence-corrected chi connectivity index (χ1v) is 9.62. The summed E-state index contributed by atoms with van der Waals surface area (Å²) in [7, 11) is -3.37. The number of benzene rings is 1. The van der Waals surface area contributed by atoms with Gasteiger partial charge < -0.3 is 4.52 Å². The number of rotatable bonds is 5. The maximum atomic E-state index is 12.9. The summed E-state index contributed by atoms with van der Waals surface area (Å²) in [6.07, 6.45) is 2.41. The number of nitrogens with zero attached hydrogens (tertiary/aromatic N) is 2. The van der Waals surface area contributed by atoms with Gasteiger partial charge in [0.25, 0.3) is 0 Å². The molecule has 2 aromatic rings. The summed E-state index contributed by atoms with van der Waals surface area (Å²) in [6.45, 7) is 4.45. The molecule has 124 valence electrons. The first-order valence-electron chi connectivity index (χ1n) is 8.01. The summed E-state index contributed by atoms with van der Waals surface area (Å²) in [5.74, 6) is 0.838. The van der Waals surface area contributed by atoms with Gasteiger partial charge in [-0.05, 0) is 25.3 Å². The van der Waals surface area contributed by atoms with Crippen molar-refractivity contribution in [3.8, 4) is 0 Å². The summed E-state index contributed by atoms with van der Waals surface area (Å²) in [4.78, 5) is 0. The third-order valence-electron chi connectivity index (χ3n) is 4.39. The van der Waals surface area contributed by atoms with Crippen molar-refractivity contribution in [1.29, 1.82) is 0 Å². The van der Waals surface area contributed by atoms with Crippen molar-refractivity contribution < 1.29 is 12.9 Å². The molecule has 1 aromatic heterocycles. The van der Waals surface area contributed by atoms with E-state index in [1.807, 2.05) is 44.2 Å². The van der Waals surface area contributed by atoms with Crippen molar-refractivity contribution in [1.82, 2.24) is 9.46 Å². The van der Waals surface area contributed by atoms with Crippen LogP contribution in [-0.4, -0.2) is 24.4 Å². The zero-order valence-electron chi connectivity index (χ0n) is 13.5. The molecule has 23 heavy (non-hydrogen) atoms. The Morgan fingerprint density at radius 2 is 2.04 bits per heavy atom. The molecule has 1 aliphatic rings. The van der Waals surface area contributed by atoms with Crippen molar-refractivity contribution in [3.63, 3.8) is 0 Å². The molecule has 1 fully saturated rings. The van der Waals surface area contributed by atoms with E-state index in [0.717, 1.165) is 41.8 Å². The van der Waals surface area contributed by atoms with E-state index >= 15 is 0 Å². The Kier molecular flexibility index (Phi) is 4.55. The first-order chi connectivity index (χ1) is 11.0. The highest BCUT2D eigenvalue weighted by Crippen LogP contribution is 2.38. The summed E-state index contributed by atoms with van der Waals surface area (Å²) in [5.41, 5.74) is 2.58. The monoisotopic (exact) mass is 334 g/mol. The van der Waals surface area contributed by atoms with Gasteiger partial charge in [-0.1, -0.05) is 42.4 Å². The fraction of sp³-hybridized carbons (Fsp3) is 0.471. The molecule has 0 saturated carbocycles. The Bertz CT molecular complexity index is 768. The predicted octanol–water partition coefficient (Wildman–Crippen LogP) is 3.21. The van der Waals surface area contributed by atoms with Gasteiger partial charge >= 0.3 is 0 Å². The number of aryl methyl sites for hydroxylation is 2. The van der Waals surface area contributed by atoms with Crippen LogP contribution in [-0.2, 0) is 22.2 Å². The number of sulfonamides is 1. The van der Waals surface area contributed by atoms with E-state index < -0.39 is 10.0 Å². The average molecular weight is 334 g/mol. The van der Waals surface area contributed by atoms with Crippen molar-refractivity contribution in [2.75, 3.05) is 6.54 Å². The Balaban J connectivity index is 1.90. The molecule has 0 spiro atoms. The van der Waals surface area contributed by atoms with Gasteiger partial charge in [0.15, 0.2) is 0 Å². The maximum absolute atomic E-state index is 12.9. The van der Waals surface area contributed by atoms with E-state index in [0.29, 0.717) is 6.54 Å². The van der Waals surface area contributed by atoms with Crippen LogP contribution in [0, 0.1) is 6.92 Å². The molecule has 0 bridgehead atoms. The van der Waals surface area contributed by atoms with Gasteiger partial charge in [0.1, 0.15) is 5.76 Å². The SMILES string of the molecule is CCc1onc(C)c1C1CCCN1S(=O)(=O)Cc1ccccc1. The second-order valence-corrected chi connectivity index (χ2v) is 7.89. The first kappa shape index (κ1) is 16.2. The third-order valence-corrected chi connectivity index (χ3v) is 6.24. The Morgan fingerprint density at radius 3 is 2.74 bits per heavy atom. The van der Waals surface area contributed by atoms with Crippen LogP contribution in [0.3, 0.4) is 0 Å². The molecule has 1 saturated heterocycles. The Morgan fingerprint density at radius 1 is 1.30 bits per heavy atom. The molecule has 3 rings (SSSR count). The van der Waals surface area contributed by atoms with Gasteiger partial charge in [-0.3, -0.25) is 0 Å². The van der Waals surface area contributed by atoms with E-state index in [4.69, 9.17) is 4.52 Å². The van der Waals surface area contributed by atoms with E-state index in [1.54, 1.807) is 4.31 Å². The van der Waals surface area contributed by atoms with Crippen LogP contribution in [0.25, 0.3) is 0 Å². The predicted molar refractivity (Wildman–Crippen MR) is 88.4 cm³/mol. The van der Waals surface area contributed by atoms with E-state index in [-0.39, 0.29) is 11.8 Å². The minimum Gasteiger partial charge on any atom is -0.361 e. The van der Waals surface area contributed by atoms with Crippen molar-refractivity contribution in [3.05, 3.63) is 52.9 Å². The van der Waals surface area contributed by atoms with Gasteiger partial charge in [-0.25, -0.2) is 8.42 Å². The van der Waals surface area contributed by atoms with Gasteiger partial charge in [-0.2, -0.15) is 4.31 Å². The lowest BCUT2D eigenvalue weighted by atomic mass is 10.0. The number of hydrogen-bond donors (Lipinski definition) is 0. The molecule has 2 heterocycles. The average Bonchev–Trinajstić information content (AvgIpc) is 3.14. The van der Waals surface area contributed by atoms with Crippen molar-refractivity contribution in [2.45, 2.75) is 44.9 Å². The van der Waals surface area contributed by atoms with E-state index in [9.17, 15) is 8.42 Å². The minimum absolute atomic E-state index is 0.0378. The second kappa shape index (κ2) is 6.45.